The number of alkyl halides is 3. The first kappa shape index (κ1) is 17.5. The Morgan fingerprint density at radius 3 is 2.05 bits per heavy atom. The minimum atomic E-state index is -4.43. The summed E-state index contributed by atoms with van der Waals surface area (Å²) in [5.74, 6) is -1.14. The van der Waals surface area contributed by atoms with Gasteiger partial charge >= 0.3 is 12.1 Å². The predicted molar refractivity (Wildman–Crippen MR) is 73.0 cm³/mol. The minimum absolute atomic E-state index is 0.279. The summed E-state index contributed by atoms with van der Waals surface area (Å²) in [6.07, 6.45) is -4.43. The molecule has 1 unspecified atom stereocenters. The average molecular weight is 304 g/mol. The number of carbonyl (C=O) groups is 1. The van der Waals surface area contributed by atoms with Gasteiger partial charge in [-0.15, -0.1) is 0 Å². The number of hydrogen-bond acceptors (Lipinski definition) is 3. The van der Waals surface area contributed by atoms with Crippen molar-refractivity contribution in [2.45, 2.75) is 18.6 Å². The first-order chi connectivity index (χ1) is 9.57. The molecule has 21 heavy (non-hydrogen) atoms. The maximum Gasteiger partial charge on any atom is 0.416 e. The monoisotopic (exact) mass is 304 g/mol. The first-order valence-corrected chi connectivity index (χ1v) is 6.38. The fourth-order valence-electron chi connectivity index (χ4n) is 1.82. The van der Waals surface area contributed by atoms with E-state index >= 15 is 0 Å². The molecule has 1 aromatic carbocycles. The van der Waals surface area contributed by atoms with Gasteiger partial charge in [0.2, 0.25) is 0 Å². The summed E-state index contributed by atoms with van der Waals surface area (Å²) in [5.41, 5.74) is -1.95. The zero-order chi connectivity index (χ0) is 16.3. The molecule has 0 spiro atoms. The first-order valence-electron chi connectivity index (χ1n) is 6.38. The van der Waals surface area contributed by atoms with Crippen LogP contribution in [-0.2, 0) is 16.5 Å². The Bertz CT molecular complexity index is 486. The Morgan fingerprint density at radius 2 is 1.67 bits per heavy atom. The number of carboxylic acid groups (broad SMARTS) is 1. The van der Waals surface area contributed by atoms with Gasteiger partial charge in [0.15, 0.2) is 0 Å². The largest absolute Gasteiger partial charge is 0.480 e. The molecule has 0 heterocycles. The topological polar surface area (TPSA) is 52.6 Å². The second-order valence-corrected chi connectivity index (χ2v) is 5.24. The Kier molecular flexibility index (Phi) is 5.36. The lowest BCUT2D eigenvalue weighted by molar-refractivity contribution is -0.144. The van der Waals surface area contributed by atoms with Crippen LogP contribution in [0.25, 0.3) is 0 Å². The molecule has 2 N–H and O–H groups in total. The standard InChI is InChI=1S/C14H19F3N2O2/c1-13(12(20)21,18-8-9-19(2)3)10-4-6-11(7-5-10)14(15,16)17/h4-7,18H,8-9H2,1-3H3,(H,20,21). The van der Waals surface area contributed by atoms with Gasteiger partial charge in [0, 0.05) is 13.1 Å². The molecular formula is C14H19F3N2O2. The van der Waals surface area contributed by atoms with Gasteiger partial charge in [-0.1, -0.05) is 12.1 Å². The average Bonchev–Trinajstić information content (AvgIpc) is 2.37. The van der Waals surface area contributed by atoms with Crippen molar-refractivity contribution in [3.63, 3.8) is 0 Å². The number of rotatable bonds is 6. The van der Waals surface area contributed by atoms with Crippen LogP contribution in [-0.4, -0.2) is 43.2 Å². The molecule has 1 rings (SSSR count). The molecule has 1 atom stereocenters. The quantitative estimate of drug-likeness (QED) is 0.845. The Labute approximate surface area is 121 Å². The summed E-state index contributed by atoms with van der Waals surface area (Å²) in [6, 6.07) is 4.17. The van der Waals surface area contributed by atoms with Gasteiger partial charge in [0.1, 0.15) is 5.54 Å². The van der Waals surface area contributed by atoms with E-state index in [1.807, 2.05) is 19.0 Å². The number of likely N-dealkylation sites (N-methyl/N-ethyl adjacent to an activating group) is 1. The van der Waals surface area contributed by atoms with Crippen LogP contribution in [0.15, 0.2) is 24.3 Å². The predicted octanol–water partition coefficient (Wildman–Crippen LogP) is 2.16. The van der Waals surface area contributed by atoms with Crippen LogP contribution >= 0.6 is 0 Å². The van der Waals surface area contributed by atoms with E-state index in [0.29, 0.717) is 13.1 Å². The number of nitrogens with one attached hydrogen (secondary N) is 1. The lowest BCUT2D eigenvalue weighted by atomic mass is 9.91. The van der Waals surface area contributed by atoms with E-state index in [0.717, 1.165) is 12.1 Å². The van der Waals surface area contributed by atoms with Crippen LogP contribution in [0, 0.1) is 0 Å². The molecule has 1 aromatic rings. The highest BCUT2D eigenvalue weighted by molar-refractivity contribution is 5.80. The lowest BCUT2D eigenvalue weighted by Crippen LogP contribution is -2.48. The number of benzene rings is 1. The van der Waals surface area contributed by atoms with Crippen molar-refractivity contribution in [3.8, 4) is 0 Å². The molecule has 4 nitrogen and oxygen atoms in total. The van der Waals surface area contributed by atoms with Crippen LogP contribution in [0.2, 0.25) is 0 Å². The van der Waals surface area contributed by atoms with Gasteiger partial charge < -0.3 is 10.0 Å². The summed E-state index contributed by atoms with van der Waals surface area (Å²) in [5, 5.41) is 12.3. The van der Waals surface area contributed by atoms with E-state index in [9.17, 15) is 23.1 Å². The smallest absolute Gasteiger partial charge is 0.416 e. The maximum absolute atomic E-state index is 12.5. The molecule has 0 fully saturated rings. The number of nitrogens with zero attached hydrogens (tertiary/aromatic N) is 1. The van der Waals surface area contributed by atoms with Crippen molar-refractivity contribution in [1.82, 2.24) is 10.2 Å². The van der Waals surface area contributed by atoms with Crippen LogP contribution in [0.3, 0.4) is 0 Å². The summed E-state index contributed by atoms with van der Waals surface area (Å²) in [6.45, 7) is 2.45. The summed E-state index contributed by atoms with van der Waals surface area (Å²) < 4.78 is 37.6. The van der Waals surface area contributed by atoms with Gasteiger partial charge in [-0.3, -0.25) is 5.32 Å². The number of halogens is 3. The van der Waals surface area contributed by atoms with Crippen LogP contribution < -0.4 is 5.32 Å². The number of carboxylic acids is 1. The van der Waals surface area contributed by atoms with E-state index in [1.165, 1.54) is 19.1 Å². The second-order valence-electron chi connectivity index (χ2n) is 5.24. The van der Waals surface area contributed by atoms with Crippen molar-refractivity contribution < 1.29 is 23.1 Å². The van der Waals surface area contributed by atoms with E-state index in [2.05, 4.69) is 5.32 Å². The highest BCUT2D eigenvalue weighted by atomic mass is 19.4. The SMILES string of the molecule is CN(C)CCNC(C)(C(=O)O)c1ccc(C(F)(F)F)cc1. The molecule has 0 bridgehead atoms. The van der Waals surface area contributed by atoms with E-state index in [4.69, 9.17) is 0 Å². The molecular weight excluding hydrogens is 285 g/mol. The fourth-order valence-corrected chi connectivity index (χ4v) is 1.82. The third-order valence-corrected chi connectivity index (χ3v) is 3.25. The lowest BCUT2D eigenvalue weighted by Gasteiger charge is -2.28. The highest BCUT2D eigenvalue weighted by Gasteiger charge is 2.36. The van der Waals surface area contributed by atoms with Crippen molar-refractivity contribution in [2.75, 3.05) is 27.2 Å². The molecule has 0 aliphatic heterocycles. The van der Waals surface area contributed by atoms with Gasteiger partial charge in [0.05, 0.1) is 5.56 Å². The Balaban J connectivity index is 2.97. The van der Waals surface area contributed by atoms with Crippen molar-refractivity contribution in [2.24, 2.45) is 0 Å². The van der Waals surface area contributed by atoms with Crippen molar-refractivity contribution >= 4 is 5.97 Å². The third-order valence-electron chi connectivity index (χ3n) is 3.25. The minimum Gasteiger partial charge on any atom is -0.480 e. The molecule has 0 radical (unpaired) electrons. The fraction of sp³-hybridized carbons (Fsp3) is 0.500. The van der Waals surface area contributed by atoms with Crippen LogP contribution in [0.4, 0.5) is 13.2 Å². The van der Waals surface area contributed by atoms with E-state index in [-0.39, 0.29) is 5.56 Å². The summed E-state index contributed by atoms with van der Waals surface area (Å²) in [4.78, 5) is 13.4. The van der Waals surface area contributed by atoms with Gasteiger partial charge in [-0.25, -0.2) is 4.79 Å². The van der Waals surface area contributed by atoms with E-state index in [1.54, 1.807) is 0 Å². The summed E-state index contributed by atoms with van der Waals surface area (Å²) >= 11 is 0. The molecule has 0 aliphatic carbocycles. The molecule has 0 amide bonds. The van der Waals surface area contributed by atoms with Crippen LogP contribution in [0.1, 0.15) is 18.1 Å². The zero-order valence-electron chi connectivity index (χ0n) is 12.2. The van der Waals surface area contributed by atoms with Gasteiger partial charge in [-0.05, 0) is 38.7 Å². The van der Waals surface area contributed by atoms with Crippen LogP contribution in [0.5, 0.6) is 0 Å². The molecule has 0 aliphatic rings. The molecule has 7 heteroatoms. The summed E-state index contributed by atoms with van der Waals surface area (Å²) in [7, 11) is 3.69. The highest BCUT2D eigenvalue weighted by Crippen LogP contribution is 2.31. The van der Waals surface area contributed by atoms with Crippen molar-refractivity contribution in [3.05, 3.63) is 35.4 Å². The third kappa shape index (κ3) is 4.44. The van der Waals surface area contributed by atoms with E-state index < -0.39 is 23.2 Å². The van der Waals surface area contributed by atoms with Gasteiger partial charge in [0.25, 0.3) is 0 Å². The maximum atomic E-state index is 12.5. The normalized spacial score (nSPS) is 15.0. The molecule has 118 valence electrons. The zero-order valence-corrected chi connectivity index (χ0v) is 12.2. The van der Waals surface area contributed by atoms with Crippen molar-refractivity contribution in [1.29, 1.82) is 0 Å². The molecule has 0 saturated carbocycles. The Hall–Kier alpha value is -1.60. The Morgan fingerprint density at radius 1 is 1.19 bits per heavy atom. The number of aliphatic carboxylic acids is 1. The van der Waals surface area contributed by atoms with Gasteiger partial charge in [-0.2, -0.15) is 13.2 Å². The number of hydrogen-bond donors (Lipinski definition) is 2. The molecule has 0 aromatic heterocycles. The molecule has 0 saturated heterocycles. The second kappa shape index (κ2) is 6.44.